The largest absolute Gasteiger partial charge is 0.456 e. The number of aryl methyl sites for hydroxylation is 1. The van der Waals surface area contributed by atoms with Crippen LogP contribution >= 0.6 is 23.4 Å². The molecule has 0 radical (unpaired) electrons. The Labute approximate surface area is 188 Å². The molecule has 0 aliphatic rings. The molecule has 31 heavy (non-hydrogen) atoms. The van der Waals surface area contributed by atoms with Gasteiger partial charge >= 0.3 is 5.97 Å². The van der Waals surface area contributed by atoms with Gasteiger partial charge in [0.2, 0.25) is 0 Å². The topological polar surface area (TPSA) is 60.7 Å². The van der Waals surface area contributed by atoms with Crippen molar-refractivity contribution >= 4 is 35.0 Å². The lowest BCUT2D eigenvalue weighted by Gasteiger charge is -2.08. The lowest BCUT2D eigenvalue weighted by molar-refractivity contribution is 0.0467. The van der Waals surface area contributed by atoms with Crippen LogP contribution in [-0.4, -0.2) is 15.4 Å². The number of halogens is 1. The maximum absolute atomic E-state index is 12.4. The van der Waals surface area contributed by atoms with E-state index >= 15 is 0 Å². The zero-order chi connectivity index (χ0) is 21.8. The van der Waals surface area contributed by atoms with E-state index in [1.165, 1.54) is 10.5 Å². The first-order chi connectivity index (χ1) is 15.0. The molecule has 2 aromatic heterocycles. The lowest BCUT2D eigenvalue weighted by atomic mass is 10.1. The highest BCUT2D eigenvalue weighted by atomic mass is 35.5. The van der Waals surface area contributed by atoms with Crippen LogP contribution in [0.4, 0.5) is 0 Å². The molecule has 7 heteroatoms. The van der Waals surface area contributed by atoms with E-state index in [1.807, 2.05) is 49.4 Å². The number of thioether (sulfide) groups is 1. The van der Waals surface area contributed by atoms with Crippen molar-refractivity contribution in [3.05, 3.63) is 111 Å². The van der Waals surface area contributed by atoms with E-state index in [0.717, 1.165) is 21.8 Å². The summed E-state index contributed by atoms with van der Waals surface area (Å²) in [7, 11) is 0. The van der Waals surface area contributed by atoms with Gasteiger partial charge in [-0.15, -0.1) is 11.8 Å². The van der Waals surface area contributed by atoms with Crippen LogP contribution in [0.1, 0.15) is 27.2 Å². The lowest BCUT2D eigenvalue weighted by Crippen LogP contribution is -2.17. The van der Waals surface area contributed by atoms with Gasteiger partial charge in [0.05, 0.1) is 11.3 Å². The Morgan fingerprint density at radius 1 is 1.10 bits per heavy atom. The van der Waals surface area contributed by atoms with E-state index in [-0.39, 0.29) is 12.2 Å². The smallest absolute Gasteiger partial charge is 0.338 e. The molecule has 0 saturated carbocycles. The van der Waals surface area contributed by atoms with Gasteiger partial charge in [-0.2, -0.15) is 0 Å². The number of pyridine rings is 1. The third-order valence-corrected chi connectivity index (χ3v) is 6.03. The highest BCUT2D eigenvalue weighted by Crippen LogP contribution is 2.24. The Morgan fingerprint density at radius 2 is 1.84 bits per heavy atom. The molecule has 0 aliphatic carbocycles. The number of hydrogen-bond acceptors (Lipinski definition) is 5. The molecule has 0 saturated heterocycles. The Balaban J connectivity index is 1.37. The van der Waals surface area contributed by atoms with Crippen LogP contribution in [0, 0.1) is 6.92 Å². The minimum absolute atomic E-state index is 0.0624. The van der Waals surface area contributed by atoms with Crippen molar-refractivity contribution in [3.8, 4) is 0 Å². The number of benzene rings is 2. The van der Waals surface area contributed by atoms with Gasteiger partial charge in [-0.3, -0.25) is 9.20 Å². The molecular formula is C24H19ClN2O3S. The molecule has 0 atom stereocenters. The van der Waals surface area contributed by atoms with Crippen molar-refractivity contribution < 1.29 is 9.53 Å². The summed E-state index contributed by atoms with van der Waals surface area (Å²) in [6.07, 6.45) is 1.67. The molecule has 0 amide bonds. The summed E-state index contributed by atoms with van der Waals surface area (Å²) < 4.78 is 6.84. The van der Waals surface area contributed by atoms with Gasteiger partial charge in [0.25, 0.3) is 5.56 Å². The zero-order valence-corrected chi connectivity index (χ0v) is 18.3. The SMILES string of the molecule is Cc1cccn2c(=O)cc(COC(=O)c3ccc(CSc4ccc(Cl)cc4)cc3)nc12. The van der Waals surface area contributed by atoms with Gasteiger partial charge in [-0.05, 0) is 60.5 Å². The van der Waals surface area contributed by atoms with Gasteiger partial charge < -0.3 is 4.74 Å². The van der Waals surface area contributed by atoms with Crippen molar-refractivity contribution in [3.63, 3.8) is 0 Å². The van der Waals surface area contributed by atoms with Crippen LogP contribution in [0.25, 0.3) is 5.65 Å². The molecular weight excluding hydrogens is 432 g/mol. The summed E-state index contributed by atoms with van der Waals surface area (Å²) in [6, 6.07) is 20.0. The molecule has 5 nitrogen and oxygen atoms in total. The predicted octanol–water partition coefficient (Wildman–Crippen LogP) is 5.31. The normalized spacial score (nSPS) is 10.9. The van der Waals surface area contributed by atoms with Gasteiger partial charge in [-0.1, -0.05) is 29.8 Å². The fourth-order valence-corrected chi connectivity index (χ4v) is 4.02. The first-order valence-electron chi connectivity index (χ1n) is 9.62. The van der Waals surface area contributed by atoms with Crippen molar-refractivity contribution in [1.82, 2.24) is 9.38 Å². The van der Waals surface area contributed by atoms with E-state index in [4.69, 9.17) is 16.3 Å². The second-order valence-corrected chi connectivity index (χ2v) is 8.47. The molecule has 156 valence electrons. The third-order valence-electron chi connectivity index (χ3n) is 4.70. The second kappa shape index (κ2) is 9.37. The van der Waals surface area contributed by atoms with E-state index < -0.39 is 5.97 Å². The van der Waals surface area contributed by atoms with Crippen molar-refractivity contribution in [2.75, 3.05) is 0 Å². The van der Waals surface area contributed by atoms with Gasteiger partial charge in [0.1, 0.15) is 12.3 Å². The zero-order valence-electron chi connectivity index (χ0n) is 16.7. The van der Waals surface area contributed by atoms with Gasteiger partial charge in [0.15, 0.2) is 0 Å². The summed E-state index contributed by atoms with van der Waals surface area (Å²) in [5.41, 5.74) is 3.19. The average Bonchev–Trinajstić information content (AvgIpc) is 2.78. The Morgan fingerprint density at radius 3 is 2.58 bits per heavy atom. The molecule has 0 aliphatic heterocycles. The number of carbonyl (C=O) groups excluding carboxylic acids is 1. The number of nitrogens with zero attached hydrogens (tertiary/aromatic N) is 2. The van der Waals surface area contributed by atoms with E-state index in [2.05, 4.69) is 4.98 Å². The van der Waals surface area contributed by atoms with Crippen molar-refractivity contribution in [2.45, 2.75) is 24.2 Å². The summed E-state index contributed by atoms with van der Waals surface area (Å²) in [5.74, 6) is 0.324. The fourth-order valence-electron chi connectivity index (χ4n) is 3.04. The summed E-state index contributed by atoms with van der Waals surface area (Å²) in [6.45, 7) is 1.82. The number of esters is 1. The van der Waals surface area contributed by atoms with Crippen molar-refractivity contribution in [2.24, 2.45) is 0 Å². The number of ether oxygens (including phenoxy) is 1. The van der Waals surface area contributed by atoms with Gasteiger partial charge in [0, 0.05) is 27.9 Å². The standard InChI is InChI=1S/C24H19ClN2O3S/c1-16-3-2-12-27-22(28)13-20(26-23(16)27)14-30-24(29)18-6-4-17(5-7-18)15-31-21-10-8-19(25)9-11-21/h2-13H,14-15H2,1H3. The molecule has 0 unspecified atom stereocenters. The Hall–Kier alpha value is -3.09. The molecule has 0 bridgehead atoms. The summed E-state index contributed by atoms with van der Waals surface area (Å²) in [5, 5.41) is 0.714. The predicted molar refractivity (Wildman–Crippen MR) is 123 cm³/mol. The van der Waals surface area contributed by atoms with E-state index in [0.29, 0.717) is 21.9 Å². The van der Waals surface area contributed by atoms with Crippen LogP contribution in [0.2, 0.25) is 5.02 Å². The highest BCUT2D eigenvalue weighted by molar-refractivity contribution is 7.98. The maximum Gasteiger partial charge on any atom is 0.338 e. The molecule has 0 N–H and O–H groups in total. The van der Waals surface area contributed by atoms with Crippen LogP contribution in [0.5, 0.6) is 0 Å². The number of carbonyl (C=O) groups is 1. The summed E-state index contributed by atoms with van der Waals surface area (Å²) in [4.78, 5) is 30.2. The number of hydrogen-bond donors (Lipinski definition) is 0. The molecule has 2 heterocycles. The fraction of sp³-hybridized carbons (Fsp3) is 0.125. The Bertz CT molecular complexity index is 1290. The number of aromatic nitrogens is 2. The third kappa shape index (κ3) is 5.16. The molecule has 4 rings (SSSR count). The van der Waals surface area contributed by atoms with Gasteiger partial charge in [-0.25, -0.2) is 9.78 Å². The number of rotatable bonds is 6. The maximum atomic E-state index is 12.4. The first kappa shape index (κ1) is 21.2. The van der Waals surface area contributed by atoms with E-state index in [1.54, 1.807) is 36.2 Å². The van der Waals surface area contributed by atoms with Crippen LogP contribution in [0.3, 0.4) is 0 Å². The molecule has 4 aromatic rings. The summed E-state index contributed by atoms with van der Waals surface area (Å²) >= 11 is 7.60. The molecule has 0 spiro atoms. The molecule has 2 aromatic carbocycles. The quantitative estimate of drug-likeness (QED) is 0.294. The van der Waals surface area contributed by atoms with E-state index in [9.17, 15) is 9.59 Å². The minimum Gasteiger partial charge on any atom is -0.456 e. The van der Waals surface area contributed by atoms with Crippen LogP contribution < -0.4 is 5.56 Å². The van der Waals surface area contributed by atoms with Crippen LogP contribution in [-0.2, 0) is 17.1 Å². The molecule has 0 fully saturated rings. The highest BCUT2D eigenvalue weighted by Gasteiger charge is 2.10. The number of fused-ring (bicyclic) bond motifs is 1. The monoisotopic (exact) mass is 450 g/mol. The Kier molecular flexibility index (Phi) is 6.39. The van der Waals surface area contributed by atoms with Crippen LogP contribution in [0.15, 0.2) is 82.6 Å². The first-order valence-corrected chi connectivity index (χ1v) is 11.0. The second-order valence-electron chi connectivity index (χ2n) is 6.99. The average molecular weight is 451 g/mol. The minimum atomic E-state index is -0.455. The van der Waals surface area contributed by atoms with Crippen molar-refractivity contribution in [1.29, 1.82) is 0 Å².